The van der Waals surface area contributed by atoms with Gasteiger partial charge in [-0.25, -0.2) is 4.39 Å². The molecule has 0 radical (unpaired) electrons. The van der Waals surface area contributed by atoms with Gasteiger partial charge in [0.25, 0.3) is 11.8 Å². The van der Waals surface area contributed by atoms with Crippen molar-refractivity contribution in [2.24, 2.45) is 0 Å². The molecule has 136 valence electrons. The lowest BCUT2D eigenvalue weighted by atomic mass is 10.1. The molecule has 6 nitrogen and oxygen atoms in total. The third kappa shape index (κ3) is 3.44. The lowest BCUT2D eigenvalue weighted by Crippen LogP contribution is -2.31. The van der Waals surface area contributed by atoms with Crippen molar-refractivity contribution < 1.29 is 18.8 Å². The highest BCUT2D eigenvalue weighted by atomic mass is 32.1. The predicted molar refractivity (Wildman–Crippen MR) is 98.8 cm³/mol. The van der Waals surface area contributed by atoms with Gasteiger partial charge in [0, 0.05) is 26.6 Å². The predicted octanol–water partition coefficient (Wildman–Crippen LogP) is 3.55. The Balaban J connectivity index is 1.57. The summed E-state index contributed by atoms with van der Waals surface area (Å²) in [4.78, 5) is 16.6. The molecule has 1 unspecified atom stereocenters. The van der Waals surface area contributed by atoms with Crippen LogP contribution in [0.4, 0.5) is 4.39 Å². The normalized spacial score (nSPS) is 12.2. The molecule has 0 fully saturated rings. The average molecular weight is 383 g/mol. The number of carbonyl (C=O) groups is 1. The number of nitrogens with zero attached hydrogens (tertiary/aromatic N) is 2. The molecule has 27 heavy (non-hydrogen) atoms. The van der Waals surface area contributed by atoms with Gasteiger partial charge in [0.1, 0.15) is 11.9 Å². The van der Waals surface area contributed by atoms with E-state index in [1.165, 1.54) is 24.3 Å². The Morgan fingerprint density at radius 2 is 2.00 bits per heavy atom. The Labute approximate surface area is 157 Å². The Morgan fingerprint density at radius 3 is 2.78 bits per heavy atom. The molecule has 2 N–H and O–H groups in total. The first-order valence-electron chi connectivity index (χ1n) is 8.13. The molecule has 0 saturated heterocycles. The first-order valence-corrected chi connectivity index (χ1v) is 9.01. The summed E-state index contributed by atoms with van der Waals surface area (Å²) in [6, 6.07) is 12.1. The van der Waals surface area contributed by atoms with Crippen molar-refractivity contribution in [3.8, 4) is 11.4 Å². The summed E-state index contributed by atoms with van der Waals surface area (Å²) in [6.45, 7) is -0.418. The van der Waals surface area contributed by atoms with E-state index in [0.29, 0.717) is 5.82 Å². The number of rotatable bonds is 5. The molecule has 0 aliphatic heterocycles. The molecule has 2 heterocycles. The number of thiophene rings is 1. The monoisotopic (exact) mass is 383 g/mol. The number of aromatic nitrogens is 2. The van der Waals surface area contributed by atoms with Gasteiger partial charge in [0.15, 0.2) is 0 Å². The molecule has 0 bridgehead atoms. The molecule has 8 heteroatoms. The maximum Gasteiger partial charge on any atom is 0.251 e. The molecular weight excluding hydrogens is 369 g/mol. The van der Waals surface area contributed by atoms with Gasteiger partial charge in [-0.3, -0.25) is 4.79 Å². The van der Waals surface area contributed by atoms with E-state index in [1.54, 1.807) is 11.3 Å². The zero-order chi connectivity index (χ0) is 18.8. The lowest BCUT2D eigenvalue weighted by molar-refractivity contribution is 0.0901. The minimum absolute atomic E-state index is 0.0956. The molecule has 0 saturated carbocycles. The van der Waals surface area contributed by atoms with Crippen LogP contribution in [0.15, 0.2) is 58.4 Å². The van der Waals surface area contributed by atoms with Crippen LogP contribution < -0.4 is 5.32 Å². The number of fused-ring (bicyclic) bond motifs is 1. The fourth-order valence-corrected chi connectivity index (χ4v) is 3.60. The van der Waals surface area contributed by atoms with E-state index < -0.39 is 24.4 Å². The second-order valence-electron chi connectivity index (χ2n) is 5.82. The Hall–Kier alpha value is -3.10. The summed E-state index contributed by atoms with van der Waals surface area (Å²) < 4.78 is 19.3. The van der Waals surface area contributed by atoms with E-state index in [-0.39, 0.29) is 11.5 Å². The summed E-state index contributed by atoms with van der Waals surface area (Å²) in [5.41, 5.74) is 1.09. The lowest BCUT2D eigenvalue weighted by Gasteiger charge is -2.12. The zero-order valence-electron chi connectivity index (χ0n) is 13.9. The highest BCUT2D eigenvalue weighted by Crippen LogP contribution is 2.32. The van der Waals surface area contributed by atoms with Crippen LogP contribution >= 0.6 is 11.3 Å². The number of aliphatic hydroxyl groups excluding tert-OH is 1. The van der Waals surface area contributed by atoms with Crippen LogP contribution in [0.1, 0.15) is 22.3 Å². The van der Waals surface area contributed by atoms with Crippen LogP contribution in [-0.4, -0.2) is 27.8 Å². The van der Waals surface area contributed by atoms with Gasteiger partial charge in [-0.1, -0.05) is 23.4 Å². The second kappa shape index (κ2) is 7.26. The quantitative estimate of drug-likeness (QED) is 0.550. The Bertz CT molecular complexity index is 1090. The molecule has 2 aromatic heterocycles. The van der Waals surface area contributed by atoms with Gasteiger partial charge in [0.2, 0.25) is 5.82 Å². The third-order valence-corrected chi connectivity index (χ3v) is 5.02. The number of hydrogen-bond acceptors (Lipinski definition) is 6. The van der Waals surface area contributed by atoms with Gasteiger partial charge < -0.3 is 14.9 Å². The molecule has 4 aromatic rings. The smallest absolute Gasteiger partial charge is 0.251 e. The van der Waals surface area contributed by atoms with Crippen molar-refractivity contribution in [2.75, 3.05) is 6.61 Å². The molecule has 1 atom stereocenters. The van der Waals surface area contributed by atoms with Gasteiger partial charge in [-0.2, -0.15) is 4.98 Å². The molecule has 1 amide bonds. The first-order chi connectivity index (χ1) is 13.2. The number of halogens is 1. The summed E-state index contributed by atoms with van der Waals surface area (Å²) in [7, 11) is 0. The van der Waals surface area contributed by atoms with Crippen LogP contribution in [0, 0.1) is 5.82 Å². The van der Waals surface area contributed by atoms with E-state index in [4.69, 9.17) is 4.52 Å². The van der Waals surface area contributed by atoms with E-state index in [0.717, 1.165) is 15.6 Å². The Morgan fingerprint density at radius 1 is 1.22 bits per heavy atom. The van der Waals surface area contributed by atoms with Crippen LogP contribution in [0.2, 0.25) is 0 Å². The third-order valence-electron chi connectivity index (χ3n) is 4.06. The van der Waals surface area contributed by atoms with Gasteiger partial charge in [-0.05, 0) is 30.3 Å². The molecule has 2 aromatic carbocycles. The number of hydrogen-bond donors (Lipinski definition) is 2. The molecule has 0 aliphatic rings. The van der Waals surface area contributed by atoms with Gasteiger partial charge in [-0.15, -0.1) is 11.3 Å². The van der Waals surface area contributed by atoms with Crippen molar-refractivity contribution >= 4 is 27.3 Å². The molecule has 0 spiro atoms. The molecule has 4 rings (SSSR count). The SMILES string of the molecule is O=C(NC(CO)c1nc(-c2csc3ccccc23)no1)c1ccc(F)cc1. The zero-order valence-corrected chi connectivity index (χ0v) is 14.7. The van der Waals surface area contributed by atoms with Crippen molar-refractivity contribution in [3.05, 3.63) is 71.2 Å². The summed E-state index contributed by atoms with van der Waals surface area (Å²) in [6.07, 6.45) is 0. The molecular formula is C19H14FN3O3S. The maximum absolute atomic E-state index is 13.0. The highest BCUT2D eigenvalue weighted by molar-refractivity contribution is 7.17. The van der Waals surface area contributed by atoms with Crippen molar-refractivity contribution in [1.29, 1.82) is 0 Å². The average Bonchev–Trinajstić information content (AvgIpc) is 3.33. The first kappa shape index (κ1) is 17.3. The number of carbonyl (C=O) groups excluding carboxylic acids is 1. The van der Waals surface area contributed by atoms with E-state index in [2.05, 4.69) is 15.5 Å². The fraction of sp³-hybridized carbons (Fsp3) is 0.105. The second-order valence-corrected chi connectivity index (χ2v) is 6.73. The van der Waals surface area contributed by atoms with Crippen LogP contribution in [0.25, 0.3) is 21.5 Å². The van der Waals surface area contributed by atoms with Crippen molar-refractivity contribution in [2.45, 2.75) is 6.04 Å². The summed E-state index contributed by atoms with van der Waals surface area (Å²) in [5.74, 6) is -0.431. The number of amides is 1. The minimum Gasteiger partial charge on any atom is -0.394 e. The highest BCUT2D eigenvalue weighted by Gasteiger charge is 2.22. The summed E-state index contributed by atoms with van der Waals surface area (Å²) in [5, 5.41) is 19.2. The fourth-order valence-electron chi connectivity index (χ4n) is 2.67. The van der Waals surface area contributed by atoms with Crippen molar-refractivity contribution in [3.63, 3.8) is 0 Å². The van der Waals surface area contributed by atoms with E-state index in [9.17, 15) is 14.3 Å². The number of benzene rings is 2. The summed E-state index contributed by atoms with van der Waals surface area (Å²) >= 11 is 1.57. The number of nitrogens with one attached hydrogen (secondary N) is 1. The van der Waals surface area contributed by atoms with Crippen LogP contribution in [0.5, 0.6) is 0 Å². The van der Waals surface area contributed by atoms with Crippen molar-refractivity contribution in [1.82, 2.24) is 15.5 Å². The van der Waals surface area contributed by atoms with E-state index >= 15 is 0 Å². The van der Waals surface area contributed by atoms with Gasteiger partial charge in [0.05, 0.1) is 6.61 Å². The maximum atomic E-state index is 13.0. The topological polar surface area (TPSA) is 88.2 Å². The van der Waals surface area contributed by atoms with Crippen LogP contribution in [-0.2, 0) is 0 Å². The van der Waals surface area contributed by atoms with Gasteiger partial charge >= 0.3 is 0 Å². The molecule has 0 aliphatic carbocycles. The van der Waals surface area contributed by atoms with E-state index in [1.807, 2.05) is 29.6 Å². The standard InChI is InChI=1S/C19H14FN3O3S/c20-12-7-5-11(6-8-12)18(25)21-15(9-24)19-22-17(23-26-19)14-10-27-16-4-2-1-3-13(14)16/h1-8,10,15,24H,9H2,(H,21,25). The Kier molecular flexibility index (Phi) is 4.66. The van der Waals surface area contributed by atoms with Crippen LogP contribution in [0.3, 0.4) is 0 Å². The number of aliphatic hydroxyl groups is 1. The minimum atomic E-state index is -0.867. The largest absolute Gasteiger partial charge is 0.394 e.